The predicted molar refractivity (Wildman–Crippen MR) is 99.6 cm³/mol. The molecule has 1 aromatic carbocycles. The van der Waals surface area contributed by atoms with Gasteiger partial charge in [-0.1, -0.05) is 29.3 Å². The summed E-state index contributed by atoms with van der Waals surface area (Å²) in [5.41, 5.74) is 0.930. The first-order valence-electron chi connectivity index (χ1n) is 7.08. The molecule has 1 N–H and O–H groups in total. The number of rotatable bonds is 7. The summed E-state index contributed by atoms with van der Waals surface area (Å²) in [5.74, 6) is -0.166. The number of nitriles is 1. The first kappa shape index (κ1) is 18.5. The summed E-state index contributed by atoms with van der Waals surface area (Å²) >= 11 is 13.4. The minimum absolute atomic E-state index is 0.166. The quantitative estimate of drug-likeness (QED) is 0.717. The first-order chi connectivity index (χ1) is 11.5. The van der Waals surface area contributed by atoms with Crippen molar-refractivity contribution in [3.05, 3.63) is 62.8 Å². The van der Waals surface area contributed by atoms with Crippen LogP contribution in [0.2, 0.25) is 9.36 Å². The van der Waals surface area contributed by atoms with Gasteiger partial charge in [0.05, 0.1) is 21.5 Å². The molecule has 0 bridgehead atoms. The highest BCUT2D eigenvalue weighted by Gasteiger charge is 2.12. The average molecular weight is 380 g/mol. The second-order valence-electron chi connectivity index (χ2n) is 5.02. The summed E-state index contributed by atoms with van der Waals surface area (Å²) in [7, 11) is 0. The molecule has 0 fully saturated rings. The number of anilines is 1. The molecule has 0 aliphatic heterocycles. The molecule has 0 saturated carbocycles. The van der Waals surface area contributed by atoms with Crippen molar-refractivity contribution in [2.45, 2.75) is 6.54 Å². The van der Waals surface area contributed by atoms with Crippen molar-refractivity contribution >= 4 is 46.1 Å². The fraction of sp³-hybridized carbons (Fsp3) is 0.176. The van der Waals surface area contributed by atoms with E-state index >= 15 is 0 Å². The number of carbonyl (C=O) groups excluding carboxylic acids is 1. The van der Waals surface area contributed by atoms with E-state index in [0.717, 1.165) is 9.21 Å². The van der Waals surface area contributed by atoms with Gasteiger partial charge < -0.3 is 5.32 Å². The minimum Gasteiger partial charge on any atom is -0.325 e. The third-order valence-electron chi connectivity index (χ3n) is 3.14. The Balaban J connectivity index is 1.98. The monoisotopic (exact) mass is 379 g/mol. The van der Waals surface area contributed by atoms with Gasteiger partial charge in [0.2, 0.25) is 5.91 Å². The molecule has 4 nitrogen and oxygen atoms in total. The highest BCUT2D eigenvalue weighted by atomic mass is 35.5. The fourth-order valence-electron chi connectivity index (χ4n) is 2.11. The van der Waals surface area contributed by atoms with Crippen molar-refractivity contribution in [2.75, 3.05) is 18.4 Å². The van der Waals surface area contributed by atoms with Gasteiger partial charge in [-0.2, -0.15) is 5.26 Å². The van der Waals surface area contributed by atoms with Gasteiger partial charge in [-0.25, -0.2) is 0 Å². The van der Waals surface area contributed by atoms with Crippen LogP contribution in [0.4, 0.5) is 5.69 Å². The zero-order valence-electron chi connectivity index (χ0n) is 12.8. The third-order valence-corrected chi connectivity index (χ3v) is 4.66. The third kappa shape index (κ3) is 5.36. The van der Waals surface area contributed by atoms with Crippen molar-refractivity contribution in [1.29, 1.82) is 5.26 Å². The number of thiophene rings is 1. The van der Waals surface area contributed by atoms with E-state index in [4.69, 9.17) is 28.5 Å². The Morgan fingerprint density at radius 1 is 1.38 bits per heavy atom. The molecule has 0 atom stereocenters. The maximum absolute atomic E-state index is 12.2. The molecule has 0 spiro atoms. The Hall–Kier alpha value is -1.84. The van der Waals surface area contributed by atoms with Gasteiger partial charge in [0.25, 0.3) is 0 Å². The number of hydrogen-bond acceptors (Lipinski definition) is 4. The van der Waals surface area contributed by atoms with Crippen LogP contribution in [0.1, 0.15) is 10.4 Å². The topological polar surface area (TPSA) is 56.1 Å². The van der Waals surface area contributed by atoms with Crippen LogP contribution in [0.3, 0.4) is 0 Å². The van der Waals surface area contributed by atoms with Crippen molar-refractivity contribution in [3.8, 4) is 6.07 Å². The van der Waals surface area contributed by atoms with Gasteiger partial charge in [-0.15, -0.1) is 17.9 Å². The molecule has 1 aromatic heterocycles. The Labute approximate surface area is 154 Å². The molecular formula is C17H15Cl2N3OS. The molecule has 2 aromatic rings. The molecule has 7 heteroatoms. The number of nitrogens with zero attached hydrogens (tertiary/aromatic N) is 2. The predicted octanol–water partition coefficient (Wildman–Crippen LogP) is 4.55. The summed E-state index contributed by atoms with van der Waals surface area (Å²) in [6, 6.07) is 10.6. The second-order valence-corrected chi connectivity index (χ2v) is 7.23. The van der Waals surface area contributed by atoms with Crippen molar-refractivity contribution in [1.82, 2.24) is 4.90 Å². The maximum atomic E-state index is 12.2. The second kappa shape index (κ2) is 8.86. The van der Waals surface area contributed by atoms with E-state index in [-0.39, 0.29) is 12.5 Å². The van der Waals surface area contributed by atoms with Gasteiger partial charge in [-0.05, 0) is 30.3 Å². The Bertz CT molecular complexity index is 782. The zero-order valence-corrected chi connectivity index (χ0v) is 15.1. The number of nitrogens with one attached hydrogen (secondary N) is 1. The SMILES string of the molecule is C=CCN(CC(=O)Nc1ccc(C#N)c(Cl)c1)Cc1ccc(Cl)s1. The molecule has 0 radical (unpaired) electrons. The van der Waals surface area contributed by atoms with Crippen LogP contribution < -0.4 is 5.32 Å². The van der Waals surface area contributed by atoms with Crippen molar-refractivity contribution < 1.29 is 4.79 Å². The van der Waals surface area contributed by atoms with Gasteiger partial charge in [0.1, 0.15) is 6.07 Å². The normalized spacial score (nSPS) is 10.4. The molecule has 0 aliphatic rings. The molecule has 0 aliphatic carbocycles. The lowest BCUT2D eigenvalue weighted by Gasteiger charge is -2.19. The van der Waals surface area contributed by atoms with Gasteiger partial charge in [0, 0.05) is 23.7 Å². The van der Waals surface area contributed by atoms with Crippen LogP contribution in [0.5, 0.6) is 0 Å². The summed E-state index contributed by atoms with van der Waals surface area (Å²) in [5, 5.41) is 12.0. The summed E-state index contributed by atoms with van der Waals surface area (Å²) in [4.78, 5) is 15.3. The Morgan fingerprint density at radius 2 is 2.17 bits per heavy atom. The highest BCUT2D eigenvalue weighted by Crippen LogP contribution is 2.23. The van der Waals surface area contributed by atoms with Crippen LogP contribution in [-0.2, 0) is 11.3 Å². The molecule has 1 heterocycles. The zero-order chi connectivity index (χ0) is 17.5. The Kier molecular flexibility index (Phi) is 6.83. The van der Waals surface area contributed by atoms with E-state index < -0.39 is 0 Å². The van der Waals surface area contributed by atoms with Crippen molar-refractivity contribution in [2.24, 2.45) is 0 Å². The first-order valence-corrected chi connectivity index (χ1v) is 8.66. The molecule has 1 amide bonds. The van der Waals surface area contributed by atoms with Crippen LogP contribution in [0.25, 0.3) is 0 Å². The van der Waals surface area contributed by atoms with Crippen LogP contribution in [-0.4, -0.2) is 23.9 Å². The lowest BCUT2D eigenvalue weighted by molar-refractivity contribution is -0.117. The molecule has 0 saturated heterocycles. The van der Waals surface area contributed by atoms with Gasteiger partial charge >= 0.3 is 0 Å². The summed E-state index contributed by atoms with van der Waals surface area (Å²) in [6.45, 7) is 5.13. The Morgan fingerprint density at radius 3 is 2.75 bits per heavy atom. The molecule has 2 rings (SSSR count). The number of halogens is 2. The number of benzene rings is 1. The van der Waals surface area contributed by atoms with E-state index in [1.165, 1.54) is 11.3 Å². The van der Waals surface area contributed by atoms with E-state index in [0.29, 0.717) is 29.4 Å². The van der Waals surface area contributed by atoms with Crippen LogP contribution in [0.15, 0.2) is 43.0 Å². The highest BCUT2D eigenvalue weighted by molar-refractivity contribution is 7.16. The van der Waals surface area contributed by atoms with E-state index in [9.17, 15) is 4.79 Å². The maximum Gasteiger partial charge on any atom is 0.238 e. The van der Waals surface area contributed by atoms with E-state index in [1.54, 1.807) is 24.3 Å². The standard InChI is InChI=1S/C17H15Cl2N3OS/c1-2-7-22(10-14-5-6-16(19)24-14)11-17(23)21-13-4-3-12(9-20)15(18)8-13/h2-6,8H,1,7,10-11H2,(H,21,23). The smallest absolute Gasteiger partial charge is 0.238 e. The van der Waals surface area contributed by atoms with Gasteiger partial charge in [0.15, 0.2) is 0 Å². The van der Waals surface area contributed by atoms with Gasteiger partial charge in [-0.3, -0.25) is 9.69 Å². The lowest BCUT2D eigenvalue weighted by Crippen LogP contribution is -2.32. The minimum atomic E-state index is -0.166. The lowest BCUT2D eigenvalue weighted by atomic mass is 10.2. The number of hydrogen-bond donors (Lipinski definition) is 1. The molecular weight excluding hydrogens is 365 g/mol. The molecule has 24 heavy (non-hydrogen) atoms. The van der Waals surface area contributed by atoms with Crippen LogP contribution >= 0.6 is 34.5 Å². The fourth-order valence-corrected chi connectivity index (χ4v) is 3.46. The number of amides is 1. The summed E-state index contributed by atoms with van der Waals surface area (Å²) < 4.78 is 0.722. The molecule has 0 unspecified atom stereocenters. The largest absolute Gasteiger partial charge is 0.325 e. The van der Waals surface area contributed by atoms with Crippen molar-refractivity contribution in [3.63, 3.8) is 0 Å². The average Bonchev–Trinajstić information content (AvgIpc) is 2.92. The molecule has 124 valence electrons. The van der Waals surface area contributed by atoms with E-state index in [1.807, 2.05) is 23.1 Å². The van der Waals surface area contributed by atoms with Crippen LogP contribution in [0, 0.1) is 11.3 Å². The summed E-state index contributed by atoms with van der Waals surface area (Å²) in [6.07, 6.45) is 1.75. The van der Waals surface area contributed by atoms with E-state index in [2.05, 4.69) is 11.9 Å². The number of carbonyl (C=O) groups is 1.